The monoisotopic (exact) mass is 268 g/mol. The van der Waals surface area contributed by atoms with Crippen molar-refractivity contribution in [2.24, 2.45) is 5.73 Å². The Labute approximate surface area is 113 Å². The molecule has 1 unspecified atom stereocenters. The lowest BCUT2D eigenvalue weighted by atomic mass is 10.0. The number of rotatable bonds is 5. The topological polar surface area (TPSA) is 29.3 Å². The molecule has 2 nitrogen and oxygen atoms in total. The Morgan fingerprint density at radius 2 is 2.00 bits per heavy atom. The maximum absolute atomic E-state index is 13.7. The van der Waals surface area contributed by atoms with Crippen molar-refractivity contribution in [3.63, 3.8) is 0 Å². The quantitative estimate of drug-likeness (QED) is 0.888. The van der Waals surface area contributed by atoms with Crippen LogP contribution in [0.3, 0.4) is 0 Å². The molecule has 0 radical (unpaired) electrons. The normalized spacial score (nSPS) is 18.2. The van der Waals surface area contributed by atoms with Crippen molar-refractivity contribution in [2.45, 2.75) is 44.7 Å². The molecule has 0 heterocycles. The molecule has 1 atom stereocenters. The van der Waals surface area contributed by atoms with Gasteiger partial charge >= 0.3 is 0 Å². The zero-order valence-corrected chi connectivity index (χ0v) is 11.4. The first-order valence-electron chi connectivity index (χ1n) is 7.07. The molecule has 0 amide bonds. The molecule has 1 saturated carbocycles. The minimum absolute atomic E-state index is 0.274. The van der Waals surface area contributed by atoms with Gasteiger partial charge in [0.25, 0.3) is 0 Å². The highest BCUT2D eigenvalue weighted by atomic mass is 19.2. The molecule has 1 aromatic carbocycles. The van der Waals surface area contributed by atoms with E-state index in [0.29, 0.717) is 12.6 Å². The lowest BCUT2D eigenvalue weighted by Crippen LogP contribution is -2.39. The number of likely N-dealkylation sites (N-methyl/N-ethyl adjacent to an activating group) is 1. The van der Waals surface area contributed by atoms with Crippen LogP contribution in [-0.4, -0.2) is 24.0 Å². The summed E-state index contributed by atoms with van der Waals surface area (Å²) < 4.78 is 26.9. The van der Waals surface area contributed by atoms with Crippen molar-refractivity contribution < 1.29 is 8.78 Å². The number of nitrogens with zero attached hydrogens (tertiary/aromatic N) is 1. The van der Waals surface area contributed by atoms with Gasteiger partial charge in [-0.2, -0.15) is 0 Å². The molecule has 19 heavy (non-hydrogen) atoms. The maximum Gasteiger partial charge on any atom is 0.163 e. The maximum atomic E-state index is 13.7. The van der Waals surface area contributed by atoms with E-state index in [4.69, 9.17) is 5.73 Å². The first kappa shape index (κ1) is 14.4. The lowest BCUT2D eigenvalue weighted by molar-refractivity contribution is 0.195. The van der Waals surface area contributed by atoms with E-state index in [0.717, 1.165) is 12.6 Å². The van der Waals surface area contributed by atoms with Gasteiger partial charge in [-0.05, 0) is 25.5 Å². The van der Waals surface area contributed by atoms with Gasteiger partial charge in [0.1, 0.15) is 0 Å². The molecular formula is C15H22F2N2. The third kappa shape index (κ3) is 3.31. The van der Waals surface area contributed by atoms with Crippen LogP contribution in [0.25, 0.3) is 0 Å². The number of halogens is 2. The van der Waals surface area contributed by atoms with Crippen LogP contribution in [0.2, 0.25) is 0 Å². The Hall–Kier alpha value is -1.00. The summed E-state index contributed by atoms with van der Waals surface area (Å²) in [6.07, 6.45) is 4.88. The highest BCUT2D eigenvalue weighted by Gasteiger charge is 2.24. The molecule has 0 spiro atoms. The standard InChI is InChI=1S/C15H22F2N2/c1-2-19(11-6-3-4-7-11)10-14(18)12-8-5-9-13(16)15(12)17/h5,8-9,11,14H,2-4,6-7,10,18H2,1H3. The second kappa shape index (κ2) is 6.44. The van der Waals surface area contributed by atoms with Gasteiger partial charge in [-0.1, -0.05) is 31.9 Å². The van der Waals surface area contributed by atoms with Crippen molar-refractivity contribution in [3.05, 3.63) is 35.4 Å². The van der Waals surface area contributed by atoms with Gasteiger partial charge in [-0.15, -0.1) is 0 Å². The predicted molar refractivity (Wildman–Crippen MR) is 72.8 cm³/mol. The van der Waals surface area contributed by atoms with Crippen molar-refractivity contribution in [1.29, 1.82) is 0 Å². The molecule has 106 valence electrons. The SMILES string of the molecule is CCN(CC(N)c1cccc(F)c1F)C1CCCC1. The zero-order chi connectivity index (χ0) is 13.8. The average Bonchev–Trinajstić information content (AvgIpc) is 2.92. The van der Waals surface area contributed by atoms with E-state index in [-0.39, 0.29) is 5.56 Å². The van der Waals surface area contributed by atoms with E-state index in [1.807, 2.05) is 0 Å². The molecule has 0 aromatic heterocycles. The predicted octanol–water partition coefficient (Wildman–Crippen LogP) is 3.23. The Bertz CT molecular complexity index is 417. The molecule has 1 aromatic rings. The van der Waals surface area contributed by atoms with Crippen molar-refractivity contribution in [3.8, 4) is 0 Å². The first-order chi connectivity index (χ1) is 9.13. The summed E-state index contributed by atoms with van der Waals surface area (Å²) in [5.41, 5.74) is 6.33. The van der Waals surface area contributed by atoms with Crippen LogP contribution in [0.1, 0.15) is 44.2 Å². The zero-order valence-electron chi connectivity index (χ0n) is 11.4. The number of hydrogen-bond donors (Lipinski definition) is 1. The molecule has 0 aliphatic heterocycles. The summed E-state index contributed by atoms with van der Waals surface area (Å²) >= 11 is 0. The molecule has 1 aliphatic rings. The van der Waals surface area contributed by atoms with E-state index < -0.39 is 17.7 Å². The van der Waals surface area contributed by atoms with E-state index in [1.54, 1.807) is 6.07 Å². The van der Waals surface area contributed by atoms with E-state index in [1.165, 1.54) is 31.7 Å². The van der Waals surface area contributed by atoms with Crippen molar-refractivity contribution in [2.75, 3.05) is 13.1 Å². The highest BCUT2D eigenvalue weighted by Crippen LogP contribution is 2.25. The van der Waals surface area contributed by atoms with Crippen molar-refractivity contribution >= 4 is 0 Å². The molecule has 0 saturated heterocycles. The average molecular weight is 268 g/mol. The summed E-state index contributed by atoms with van der Waals surface area (Å²) in [6.45, 7) is 3.57. The first-order valence-corrected chi connectivity index (χ1v) is 7.07. The summed E-state index contributed by atoms with van der Waals surface area (Å²) in [5, 5.41) is 0. The van der Waals surface area contributed by atoms with Crippen molar-refractivity contribution in [1.82, 2.24) is 4.90 Å². The van der Waals surface area contributed by atoms with Crippen LogP contribution in [0.4, 0.5) is 8.78 Å². The molecule has 4 heteroatoms. The minimum Gasteiger partial charge on any atom is -0.323 e. The Kier molecular flexibility index (Phi) is 4.88. The summed E-state index contributed by atoms with van der Waals surface area (Å²) in [4.78, 5) is 2.29. The molecule has 2 rings (SSSR count). The van der Waals surface area contributed by atoms with Crippen LogP contribution < -0.4 is 5.73 Å². The lowest BCUT2D eigenvalue weighted by Gasteiger charge is -2.30. The third-order valence-corrected chi connectivity index (χ3v) is 4.06. The fourth-order valence-electron chi connectivity index (χ4n) is 2.96. The second-order valence-corrected chi connectivity index (χ2v) is 5.28. The van der Waals surface area contributed by atoms with Crippen LogP contribution in [0.5, 0.6) is 0 Å². The summed E-state index contributed by atoms with van der Waals surface area (Å²) in [6, 6.07) is 4.29. The van der Waals surface area contributed by atoms with Gasteiger partial charge in [0.05, 0.1) is 0 Å². The fraction of sp³-hybridized carbons (Fsp3) is 0.600. The van der Waals surface area contributed by atoms with Crippen LogP contribution in [0.15, 0.2) is 18.2 Å². The van der Waals surface area contributed by atoms with Gasteiger partial charge < -0.3 is 5.73 Å². The van der Waals surface area contributed by atoms with Gasteiger partial charge in [0, 0.05) is 24.2 Å². The van der Waals surface area contributed by atoms with E-state index in [2.05, 4.69) is 11.8 Å². The van der Waals surface area contributed by atoms with Gasteiger partial charge in [-0.3, -0.25) is 4.90 Å². The summed E-state index contributed by atoms with van der Waals surface area (Å²) in [7, 11) is 0. The molecule has 0 bridgehead atoms. The second-order valence-electron chi connectivity index (χ2n) is 5.28. The Balaban J connectivity index is 2.06. The van der Waals surface area contributed by atoms with Gasteiger partial charge in [0.15, 0.2) is 11.6 Å². The fourth-order valence-corrected chi connectivity index (χ4v) is 2.96. The van der Waals surface area contributed by atoms with E-state index in [9.17, 15) is 8.78 Å². The number of benzene rings is 1. The number of hydrogen-bond acceptors (Lipinski definition) is 2. The molecular weight excluding hydrogens is 246 g/mol. The van der Waals surface area contributed by atoms with Crippen LogP contribution >= 0.6 is 0 Å². The van der Waals surface area contributed by atoms with Crippen LogP contribution in [0, 0.1) is 11.6 Å². The van der Waals surface area contributed by atoms with Crippen LogP contribution in [-0.2, 0) is 0 Å². The Morgan fingerprint density at radius 1 is 1.32 bits per heavy atom. The molecule has 2 N–H and O–H groups in total. The largest absolute Gasteiger partial charge is 0.323 e. The van der Waals surface area contributed by atoms with E-state index >= 15 is 0 Å². The number of nitrogens with two attached hydrogens (primary N) is 1. The summed E-state index contributed by atoms with van der Waals surface area (Å²) in [5.74, 6) is -1.63. The Morgan fingerprint density at radius 3 is 2.63 bits per heavy atom. The third-order valence-electron chi connectivity index (χ3n) is 4.06. The molecule has 1 aliphatic carbocycles. The smallest absolute Gasteiger partial charge is 0.163 e. The minimum atomic E-state index is -0.822. The van der Waals surface area contributed by atoms with Gasteiger partial charge in [-0.25, -0.2) is 8.78 Å². The molecule has 1 fully saturated rings. The highest BCUT2D eigenvalue weighted by molar-refractivity contribution is 5.22. The van der Waals surface area contributed by atoms with Gasteiger partial charge in [0.2, 0.25) is 0 Å².